The zero-order valence-electron chi connectivity index (χ0n) is 34.2. The van der Waals surface area contributed by atoms with Crippen LogP contribution in [-0.4, -0.2) is 104 Å². The number of nitrogens with one attached hydrogen (secondary N) is 1. The summed E-state index contributed by atoms with van der Waals surface area (Å²) in [5.74, 6) is 1.89. The number of ketones is 2. The summed E-state index contributed by atoms with van der Waals surface area (Å²) in [6.45, 7) is 8.15. The largest absolute Gasteiger partial charge is 0.444 e. The molecule has 6 heterocycles. The molecule has 0 bridgehead atoms. The molecule has 0 radical (unpaired) electrons. The molecule has 1 N–H and O–H groups in total. The van der Waals surface area contributed by atoms with Crippen molar-refractivity contribution < 1.29 is 28.7 Å². The maximum Gasteiger partial charge on any atom is 0.414 e. The van der Waals surface area contributed by atoms with Crippen molar-refractivity contribution in [3.8, 4) is 0 Å². The van der Waals surface area contributed by atoms with Crippen molar-refractivity contribution in [2.75, 3.05) is 70.8 Å². The molecule has 4 aliphatic heterocycles. The van der Waals surface area contributed by atoms with Gasteiger partial charge in [0, 0.05) is 55.7 Å². The zero-order chi connectivity index (χ0) is 43.6. The van der Waals surface area contributed by atoms with Crippen molar-refractivity contribution in [2.24, 2.45) is 10.2 Å². The van der Waals surface area contributed by atoms with E-state index in [1.54, 1.807) is 34.1 Å². The van der Waals surface area contributed by atoms with Gasteiger partial charge in [0.05, 0.1) is 44.6 Å². The summed E-state index contributed by atoms with van der Waals surface area (Å²) in [5, 5.41) is 10.6. The van der Waals surface area contributed by atoms with Crippen LogP contribution in [0.3, 0.4) is 0 Å². The van der Waals surface area contributed by atoms with E-state index in [9.17, 15) is 19.2 Å². The Morgan fingerprint density at radius 1 is 0.672 bits per heavy atom. The number of benzene rings is 2. The molecule has 0 aliphatic carbocycles. The predicted octanol–water partition coefficient (Wildman–Crippen LogP) is 9.66. The Labute approximate surface area is 387 Å². The number of carbonyl (C=O) groups is 4. The van der Waals surface area contributed by atoms with Crippen LogP contribution in [0.25, 0.3) is 0 Å². The Hall–Kier alpha value is -4.43. The first-order chi connectivity index (χ1) is 29.4. The number of hydrazone groups is 2. The Bertz CT molecular complexity index is 2240. The molecule has 2 fully saturated rings. The SMILES string of the molecule is CC1=NN(C)CCN1c1ccc(N2C[C@H](CCC(=O)c3ccc(Cl)s3)OC2=O)cc1.CC1=NNCCN1c1ccc(N2C[C@H](CCC(=O)c3ccc(Cl)s3)OC2=O)cc1.CI. The van der Waals surface area contributed by atoms with Crippen molar-refractivity contribution in [3.63, 3.8) is 0 Å². The fraction of sp³-hybridized carbons (Fsp3) is 0.381. The third-order valence-electron chi connectivity index (χ3n) is 10.2. The summed E-state index contributed by atoms with van der Waals surface area (Å²) in [5.41, 5.74) is 6.61. The van der Waals surface area contributed by atoms with Gasteiger partial charge in [0.25, 0.3) is 0 Å². The number of cyclic esters (lactones) is 2. The number of Topliss-reactive ketones (excluding diaryl/α,β-unsaturated/α-hetero) is 2. The predicted molar refractivity (Wildman–Crippen MR) is 255 cm³/mol. The number of thiophene rings is 2. The molecule has 8 rings (SSSR count). The van der Waals surface area contributed by atoms with Crippen molar-refractivity contribution in [1.82, 2.24) is 10.4 Å². The van der Waals surface area contributed by atoms with Gasteiger partial charge in [-0.3, -0.25) is 24.4 Å². The van der Waals surface area contributed by atoms with Crippen LogP contribution < -0.4 is 25.0 Å². The molecule has 4 aromatic rings. The van der Waals surface area contributed by atoms with Crippen molar-refractivity contribution in [2.45, 2.75) is 51.7 Å². The lowest BCUT2D eigenvalue weighted by Gasteiger charge is -2.32. The lowest BCUT2D eigenvalue weighted by Crippen LogP contribution is -2.41. The second kappa shape index (κ2) is 21.6. The number of hydrogen-bond acceptors (Lipinski definition) is 14. The molecule has 4 aliphatic rings. The third kappa shape index (κ3) is 11.9. The number of rotatable bonds is 12. The first-order valence-corrected chi connectivity index (χ1v) is 24.2. The fourth-order valence-corrected chi connectivity index (χ4v) is 9.11. The molecule has 324 valence electrons. The summed E-state index contributed by atoms with van der Waals surface area (Å²) in [6, 6.07) is 22.5. The van der Waals surface area contributed by atoms with Gasteiger partial charge in [0.1, 0.15) is 23.9 Å². The van der Waals surface area contributed by atoms with Crippen LogP contribution in [0.1, 0.15) is 58.9 Å². The molecular formula is C42H47Cl2IN8O6S2. The molecule has 19 heteroatoms. The fourth-order valence-electron chi connectivity index (χ4n) is 7.09. The highest BCUT2D eigenvalue weighted by Gasteiger charge is 2.34. The van der Waals surface area contributed by atoms with Gasteiger partial charge in [-0.25, -0.2) is 9.59 Å². The molecule has 0 unspecified atom stereocenters. The number of ether oxygens (including phenoxy) is 2. The molecule has 2 saturated heterocycles. The van der Waals surface area contributed by atoms with Crippen LogP contribution in [0.2, 0.25) is 8.67 Å². The van der Waals surface area contributed by atoms with E-state index in [0.717, 1.165) is 60.6 Å². The Kier molecular flexibility index (Phi) is 16.3. The van der Waals surface area contributed by atoms with Gasteiger partial charge in [-0.05, 0) is 104 Å². The number of likely N-dealkylation sites (N-methyl/N-ethyl adjacent to an activating group) is 1. The first kappa shape index (κ1) is 46.1. The van der Waals surface area contributed by atoms with Crippen LogP contribution in [0.5, 0.6) is 0 Å². The summed E-state index contributed by atoms with van der Waals surface area (Å²) in [6.07, 6.45) is 0.266. The molecular weight excluding hydrogens is 974 g/mol. The van der Waals surface area contributed by atoms with Gasteiger partial charge < -0.3 is 24.7 Å². The monoisotopic (exact) mass is 1020 g/mol. The number of amidine groups is 2. The summed E-state index contributed by atoms with van der Waals surface area (Å²) in [7, 11) is 1.96. The van der Waals surface area contributed by atoms with Gasteiger partial charge in [-0.2, -0.15) is 10.2 Å². The maximum atomic E-state index is 12.3. The van der Waals surface area contributed by atoms with Gasteiger partial charge in [0.2, 0.25) is 0 Å². The number of alkyl halides is 1. The Balaban J connectivity index is 0.000000196. The van der Waals surface area contributed by atoms with Gasteiger partial charge in [-0.15, -0.1) is 22.7 Å². The van der Waals surface area contributed by atoms with E-state index in [1.807, 2.05) is 79.4 Å². The van der Waals surface area contributed by atoms with E-state index in [0.29, 0.717) is 57.2 Å². The molecule has 0 spiro atoms. The molecule has 0 saturated carbocycles. The average Bonchev–Trinajstić information content (AvgIpc) is 4.08. The van der Waals surface area contributed by atoms with Crippen LogP contribution in [0, 0.1) is 0 Å². The van der Waals surface area contributed by atoms with Crippen LogP contribution >= 0.6 is 68.5 Å². The lowest BCUT2D eigenvalue weighted by molar-refractivity contribution is 0.0939. The minimum atomic E-state index is -0.380. The molecule has 2 amide bonds. The number of amides is 2. The number of nitrogens with zero attached hydrogens (tertiary/aromatic N) is 7. The van der Waals surface area contributed by atoms with Gasteiger partial charge in [-0.1, -0.05) is 45.8 Å². The van der Waals surface area contributed by atoms with Crippen LogP contribution in [0.4, 0.5) is 32.3 Å². The smallest absolute Gasteiger partial charge is 0.414 e. The van der Waals surface area contributed by atoms with E-state index in [-0.39, 0.29) is 36.0 Å². The van der Waals surface area contributed by atoms with E-state index in [1.165, 1.54) is 22.7 Å². The van der Waals surface area contributed by atoms with E-state index < -0.39 is 0 Å². The highest BCUT2D eigenvalue weighted by Crippen LogP contribution is 2.30. The van der Waals surface area contributed by atoms with Crippen LogP contribution in [-0.2, 0) is 9.47 Å². The average molecular weight is 1020 g/mol. The summed E-state index contributed by atoms with van der Waals surface area (Å²) < 4.78 is 12.1. The van der Waals surface area contributed by atoms with E-state index in [2.05, 4.69) is 48.0 Å². The third-order valence-corrected chi connectivity index (χ3v) is 12.8. The second-order valence-corrected chi connectivity index (χ2v) is 17.7. The molecule has 2 aromatic heterocycles. The molecule has 14 nitrogen and oxygen atoms in total. The highest BCUT2D eigenvalue weighted by atomic mass is 127. The minimum absolute atomic E-state index is 0.0220. The van der Waals surface area contributed by atoms with Crippen molar-refractivity contribution in [3.05, 3.63) is 91.2 Å². The standard InChI is InChI=1S/C21H23ClN4O3S.C20H21ClN4O3S.CH3I/c1-14-23-24(2)11-12-25(14)15-3-5-16(6-4-15)26-13-17(29-21(26)28)7-8-18(27)19-9-10-20(22)30-19;1-13-23-22-10-11-24(13)14-2-4-15(5-3-14)25-12-16(28-20(25)27)6-7-17(26)18-8-9-19(21)29-18;1-2/h3-6,9-10,17H,7-8,11-13H2,1-2H3;2-5,8-9,16,22H,6-7,10-12H2,1H3;1H3/t17-;16-;/m00./s1. The lowest BCUT2D eigenvalue weighted by atomic mass is 10.1. The quantitative estimate of drug-likeness (QED) is 0.0829. The topological polar surface area (TPSA) is 140 Å². The molecule has 61 heavy (non-hydrogen) atoms. The second-order valence-electron chi connectivity index (χ2n) is 14.3. The maximum absolute atomic E-state index is 12.3. The van der Waals surface area contributed by atoms with Crippen LogP contribution in [0.15, 0.2) is 83.0 Å². The van der Waals surface area contributed by atoms with Crippen molar-refractivity contribution in [1.29, 1.82) is 0 Å². The highest BCUT2D eigenvalue weighted by molar-refractivity contribution is 14.1. The summed E-state index contributed by atoms with van der Waals surface area (Å²) in [4.78, 5) is 59.9. The number of anilines is 4. The Morgan fingerprint density at radius 3 is 1.49 bits per heavy atom. The number of carbonyl (C=O) groups excluding carboxylic acids is 4. The molecule has 2 aromatic carbocycles. The van der Waals surface area contributed by atoms with E-state index in [4.69, 9.17) is 32.7 Å². The number of halogens is 3. The normalized spacial score (nSPS) is 18.6. The Morgan fingerprint density at radius 2 is 1.10 bits per heavy atom. The first-order valence-electron chi connectivity index (χ1n) is 19.6. The van der Waals surface area contributed by atoms with E-state index >= 15 is 0 Å². The summed E-state index contributed by atoms with van der Waals surface area (Å²) >= 11 is 16.5. The van der Waals surface area contributed by atoms with Crippen molar-refractivity contribution >= 4 is 127 Å². The zero-order valence-corrected chi connectivity index (χ0v) is 39.5. The number of hydrogen-bond donors (Lipinski definition) is 1. The molecule has 2 atom stereocenters. The van der Waals surface area contributed by atoms with Gasteiger partial charge >= 0.3 is 12.2 Å². The van der Waals surface area contributed by atoms with Gasteiger partial charge in [0.15, 0.2) is 11.6 Å². The minimum Gasteiger partial charge on any atom is -0.444 e.